The van der Waals surface area contributed by atoms with E-state index < -0.39 is 17.6 Å². The van der Waals surface area contributed by atoms with Crippen molar-refractivity contribution >= 4 is 57.6 Å². The second-order valence-corrected chi connectivity index (χ2v) is 8.05. The van der Waals surface area contributed by atoms with E-state index in [0.717, 1.165) is 33.8 Å². The van der Waals surface area contributed by atoms with Crippen molar-refractivity contribution in [3.63, 3.8) is 0 Å². The van der Waals surface area contributed by atoms with E-state index in [1.165, 1.54) is 17.4 Å². The average Bonchev–Trinajstić information content (AvgIpc) is 3.17. The van der Waals surface area contributed by atoms with E-state index in [0.29, 0.717) is 16.0 Å². The standard InChI is InChI=1S/C17H12F2N2O3S3/c18-12-2-1-9(6-13(12)19)10-5-11(26-8-10)7-14-16(24)21(17(25)27-14)20-4-3-15(22)23/h1-2,5-8,20H,3-4H2,(H,22,23)/b14-7-. The van der Waals surface area contributed by atoms with Gasteiger partial charge in [-0.25, -0.2) is 19.2 Å². The van der Waals surface area contributed by atoms with Crippen LogP contribution in [0.5, 0.6) is 0 Å². The van der Waals surface area contributed by atoms with E-state index in [9.17, 15) is 18.4 Å². The molecule has 0 radical (unpaired) electrons. The van der Waals surface area contributed by atoms with Crippen molar-refractivity contribution in [3.8, 4) is 11.1 Å². The summed E-state index contributed by atoms with van der Waals surface area (Å²) in [5, 5.41) is 11.6. The van der Waals surface area contributed by atoms with Crippen molar-refractivity contribution in [1.29, 1.82) is 0 Å². The molecular formula is C17H12F2N2O3S3. The average molecular weight is 426 g/mol. The Kier molecular flexibility index (Phi) is 6.00. The Bertz CT molecular complexity index is 959. The highest BCUT2D eigenvalue weighted by molar-refractivity contribution is 8.26. The summed E-state index contributed by atoms with van der Waals surface area (Å²) in [7, 11) is 0. The summed E-state index contributed by atoms with van der Waals surface area (Å²) in [5.41, 5.74) is 3.94. The van der Waals surface area contributed by atoms with Crippen molar-refractivity contribution in [2.75, 3.05) is 6.54 Å². The first-order valence-electron chi connectivity index (χ1n) is 7.62. The van der Waals surface area contributed by atoms with Gasteiger partial charge in [0.15, 0.2) is 16.0 Å². The molecule has 0 unspecified atom stereocenters. The first kappa shape index (κ1) is 19.6. The van der Waals surface area contributed by atoms with E-state index in [-0.39, 0.29) is 23.2 Å². The number of thioether (sulfide) groups is 1. The highest BCUT2D eigenvalue weighted by Gasteiger charge is 2.32. The number of carbonyl (C=O) groups is 2. The van der Waals surface area contributed by atoms with Crippen LogP contribution in [0.15, 0.2) is 34.6 Å². The first-order valence-corrected chi connectivity index (χ1v) is 9.73. The lowest BCUT2D eigenvalue weighted by molar-refractivity contribution is -0.137. The Balaban J connectivity index is 1.74. The van der Waals surface area contributed by atoms with Crippen molar-refractivity contribution in [2.24, 2.45) is 0 Å². The quantitative estimate of drug-likeness (QED) is 0.540. The molecule has 140 valence electrons. The monoisotopic (exact) mass is 426 g/mol. The van der Waals surface area contributed by atoms with Gasteiger partial charge >= 0.3 is 5.97 Å². The molecule has 1 aromatic carbocycles. The minimum atomic E-state index is -0.980. The van der Waals surface area contributed by atoms with Crippen LogP contribution in [0.4, 0.5) is 8.78 Å². The van der Waals surface area contributed by atoms with Gasteiger partial charge in [0, 0.05) is 11.4 Å². The van der Waals surface area contributed by atoms with Crippen LogP contribution in [0, 0.1) is 11.6 Å². The summed E-state index contributed by atoms with van der Waals surface area (Å²) in [4.78, 5) is 24.1. The predicted molar refractivity (Wildman–Crippen MR) is 105 cm³/mol. The third-order valence-corrected chi connectivity index (χ3v) is 5.73. The van der Waals surface area contributed by atoms with Gasteiger partial charge in [0.05, 0.1) is 11.3 Å². The number of nitrogens with zero attached hydrogens (tertiary/aromatic N) is 1. The largest absolute Gasteiger partial charge is 0.481 e. The molecule has 27 heavy (non-hydrogen) atoms. The van der Waals surface area contributed by atoms with Crippen molar-refractivity contribution < 1.29 is 23.5 Å². The van der Waals surface area contributed by atoms with E-state index in [4.69, 9.17) is 17.3 Å². The number of thiophene rings is 1. The molecule has 0 saturated carbocycles. The van der Waals surface area contributed by atoms with Crippen LogP contribution >= 0.6 is 35.3 Å². The molecule has 3 rings (SSSR count). The molecule has 1 aromatic heterocycles. The molecule has 2 aromatic rings. The lowest BCUT2D eigenvalue weighted by atomic mass is 10.1. The zero-order chi connectivity index (χ0) is 19.6. The summed E-state index contributed by atoms with van der Waals surface area (Å²) in [6.07, 6.45) is 1.52. The fourth-order valence-corrected chi connectivity index (χ4v) is 4.39. The highest BCUT2D eigenvalue weighted by atomic mass is 32.2. The summed E-state index contributed by atoms with van der Waals surface area (Å²) in [5.74, 6) is -3.17. The van der Waals surface area contributed by atoms with E-state index >= 15 is 0 Å². The van der Waals surface area contributed by atoms with Crippen LogP contribution in [0.2, 0.25) is 0 Å². The predicted octanol–water partition coefficient (Wildman–Crippen LogP) is 3.87. The number of aliphatic carboxylic acids is 1. The SMILES string of the molecule is O=C(O)CCNN1C(=O)/C(=C/c2cc(-c3ccc(F)c(F)c3)cs2)SC1=S. The number of hydrogen-bond donors (Lipinski definition) is 2. The number of nitrogens with one attached hydrogen (secondary N) is 1. The smallest absolute Gasteiger partial charge is 0.304 e. The zero-order valence-corrected chi connectivity index (χ0v) is 16.0. The molecular weight excluding hydrogens is 414 g/mol. The van der Waals surface area contributed by atoms with Gasteiger partial charge in [-0.3, -0.25) is 9.59 Å². The van der Waals surface area contributed by atoms with Crippen LogP contribution in [0.25, 0.3) is 17.2 Å². The summed E-state index contributed by atoms with van der Waals surface area (Å²) < 4.78 is 26.7. The number of thiocarbonyl (C=S) groups is 1. The number of carbonyl (C=O) groups excluding carboxylic acids is 1. The van der Waals surface area contributed by atoms with Gasteiger partial charge in [-0.2, -0.15) is 0 Å². The highest BCUT2D eigenvalue weighted by Crippen LogP contribution is 2.34. The maximum absolute atomic E-state index is 13.4. The van der Waals surface area contributed by atoms with E-state index in [1.54, 1.807) is 17.5 Å². The summed E-state index contributed by atoms with van der Waals surface area (Å²) in [6, 6.07) is 5.43. The van der Waals surface area contributed by atoms with Crippen molar-refractivity contribution in [3.05, 3.63) is 51.1 Å². The van der Waals surface area contributed by atoms with Gasteiger partial charge in [-0.05, 0) is 40.8 Å². The fraction of sp³-hybridized carbons (Fsp3) is 0.118. The Morgan fingerprint density at radius 2 is 2.04 bits per heavy atom. The lowest BCUT2D eigenvalue weighted by Gasteiger charge is -2.14. The number of hydrazine groups is 1. The number of rotatable bonds is 6. The minimum absolute atomic E-state index is 0.0777. The van der Waals surface area contributed by atoms with Gasteiger partial charge in [0.2, 0.25) is 0 Å². The van der Waals surface area contributed by atoms with Gasteiger partial charge < -0.3 is 5.11 Å². The normalized spacial score (nSPS) is 15.8. The van der Waals surface area contributed by atoms with Crippen LogP contribution in [0.3, 0.4) is 0 Å². The third-order valence-electron chi connectivity index (χ3n) is 3.55. The second kappa shape index (κ2) is 8.26. The Labute approximate surface area is 166 Å². The van der Waals surface area contributed by atoms with Crippen LogP contribution in [0.1, 0.15) is 11.3 Å². The van der Waals surface area contributed by atoms with Gasteiger partial charge in [0.1, 0.15) is 0 Å². The van der Waals surface area contributed by atoms with Gasteiger partial charge in [0.25, 0.3) is 5.91 Å². The molecule has 2 heterocycles. The topological polar surface area (TPSA) is 69.6 Å². The molecule has 1 amide bonds. The molecule has 1 aliphatic heterocycles. The summed E-state index contributed by atoms with van der Waals surface area (Å²) >= 11 is 7.59. The maximum Gasteiger partial charge on any atom is 0.304 e. The molecule has 1 fully saturated rings. The number of carboxylic acid groups (broad SMARTS) is 1. The number of carboxylic acids is 1. The van der Waals surface area contributed by atoms with Crippen molar-refractivity contribution in [1.82, 2.24) is 10.4 Å². The van der Waals surface area contributed by atoms with E-state index in [1.807, 2.05) is 0 Å². The van der Waals surface area contributed by atoms with Crippen molar-refractivity contribution in [2.45, 2.75) is 6.42 Å². The fourth-order valence-electron chi connectivity index (χ4n) is 2.26. The first-order chi connectivity index (χ1) is 12.8. The second-order valence-electron chi connectivity index (χ2n) is 5.44. The van der Waals surface area contributed by atoms with Gasteiger partial charge in [-0.15, -0.1) is 11.3 Å². The maximum atomic E-state index is 13.4. The van der Waals surface area contributed by atoms with Crippen LogP contribution in [-0.4, -0.2) is 32.9 Å². The third kappa shape index (κ3) is 4.59. The zero-order valence-electron chi connectivity index (χ0n) is 13.6. The number of benzene rings is 1. The Morgan fingerprint density at radius 1 is 1.26 bits per heavy atom. The molecule has 10 heteroatoms. The van der Waals surface area contributed by atoms with Gasteiger partial charge in [-0.1, -0.05) is 30.0 Å². The number of hydrogen-bond acceptors (Lipinski definition) is 6. The Morgan fingerprint density at radius 3 is 2.74 bits per heavy atom. The van der Waals surface area contributed by atoms with Crippen LogP contribution < -0.4 is 5.43 Å². The van der Waals surface area contributed by atoms with E-state index in [2.05, 4.69) is 5.43 Å². The Hall–Kier alpha value is -2.14. The molecule has 2 N–H and O–H groups in total. The molecule has 5 nitrogen and oxygen atoms in total. The molecule has 1 saturated heterocycles. The molecule has 0 atom stereocenters. The lowest BCUT2D eigenvalue weighted by Crippen LogP contribution is -2.42. The number of amides is 1. The molecule has 0 bridgehead atoms. The van der Waals surface area contributed by atoms with Crippen LogP contribution in [-0.2, 0) is 9.59 Å². The molecule has 0 spiro atoms. The number of halogens is 2. The minimum Gasteiger partial charge on any atom is -0.481 e. The molecule has 1 aliphatic rings. The molecule has 0 aliphatic carbocycles. The summed E-state index contributed by atoms with van der Waals surface area (Å²) in [6.45, 7) is 0.0777.